The third-order valence-electron chi connectivity index (χ3n) is 5.45. The average molecular weight is 360 g/mol. The Labute approximate surface area is 157 Å². The van der Waals surface area contributed by atoms with E-state index in [0.717, 1.165) is 25.6 Å². The van der Waals surface area contributed by atoms with Crippen LogP contribution in [0.25, 0.3) is 0 Å². The Morgan fingerprint density at radius 1 is 1.08 bits per heavy atom. The number of hydrogen-bond acceptors (Lipinski definition) is 4. The van der Waals surface area contributed by atoms with E-state index in [4.69, 9.17) is 9.47 Å². The second-order valence-electron chi connectivity index (χ2n) is 7.27. The molecular formula is C21H32N2O3. The molecule has 0 bridgehead atoms. The highest BCUT2D eigenvalue weighted by Gasteiger charge is 2.30. The topological polar surface area (TPSA) is 50.8 Å². The molecule has 1 unspecified atom stereocenters. The summed E-state index contributed by atoms with van der Waals surface area (Å²) in [6.45, 7) is 7.07. The van der Waals surface area contributed by atoms with Crippen LogP contribution in [-0.2, 0) is 0 Å². The molecule has 1 N–H and O–H groups in total. The molecule has 1 saturated heterocycles. The lowest BCUT2D eigenvalue weighted by atomic mass is 9.94. The normalized spacial score (nSPS) is 21.5. The number of carbonyl (C=O) groups is 1. The monoisotopic (exact) mass is 360 g/mol. The summed E-state index contributed by atoms with van der Waals surface area (Å²) >= 11 is 0. The molecule has 1 amide bonds. The Bertz CT molecular complexity index is 599. The van der Waals surface area contributed by atoms with Gasteiger partial charge in [-0.25, -0.2) is 0 Å². The van der Waals surface area contributed by atoms with E-state index in [1.807, 2.05) is 26.0 Å². The lowest BCUT2D eigenvalue weighted by Gasteiger charge is -2.31. The second-order valence-corrected chi connectivity index (χ2v) is 7.27. The number of rotatable bonds is 7. The van der Waals surface area contributed by atoms with Gasteiger partial charge in [-0.1, -0.05) is 19.3 Å². The summed E-state index contributed by atoms with van der Waals surface area (Å²) in [6.07, 6.45) is 7.76. The smallest absolute Gasteiger partial charge is 0.251 e. The van der Waals surface area contributed by atoms with Gasteiger partial charge >= 0.3 is 0 Å². The molecular weight excluding hydrogens is 328 g/mol. The summed E-state index contributed by atoms with van der Waals surface area (Å²) < 4.78 is 11.2. The number of benzene rings is 1. The molecule has 5 heteroatoms. The van der Waals surface area contributed by atoms with Crippen LogP contribution in [0.15, 0.2) is 18.2 Å². The van der Waals surface area contributed by atoms with E-state index in [1.54, 1.807) is 6.07 Å². The first-order valence-corrected chi connectivity index (χ1v) is 10.2. The lowest BCUT2D eigenvalue weighted by molar-refractivity contribution is 0.0934. The summed E-state index contributed by atoms with van der Waals surface area (Å²) in [4.78, 5) is 15.3. The molecule has 26 heavy (non-hydrogen) atoms. The van der Waals surface area contributed by atoms with Crippen LogP contribution >= 0.6 is 0 Å². The van der Waals surface area contributed by atoms with Crippen molar-refractivity contribution in [2.24, 2.45) is 0 Å². The highest BCUT2D eigenvalue weighted by atomic mass is 16.5. The molecule has 0 spiro atoms. The molecule has 2 aliphatic rings. The van der Waals surface area contributed by atoms with Crippen LogP contribution in [-0.4, -0.2) is 49.2 Å². The fourth-order valence-corrected chi connectivity index (χ4v) is 4.14. The average Bonchev–Trinajstić information content (AvgIpc) is 3.13. The van der Waals surface area contributed by atoms with E-state index in [2.05, 4.69) is 10.2 Å². The molecule has 1 saturated carbocycles. The van der Waals surface area contributed by atoms with Gasteiger partial charge in [-0.15, -0.1) is 0 Å². The van der Waals surface area contributed by atoms with E-state index in [1.165, 1.54) is 32.1 Å². The minimum atomic E-state index is -0.0236. The number of carbonyl (C=O) groups excluding carboxylic acids is 1. The Morgan fingerprint density at radius 3 is 2.54 bits per heavy atom. The van der Waals surface area contributed by atoms with Gasteiger partial charge in [-0.3, -0.25) is 9.69 Å². The van der Waals surface area contributed by atoms with E-state index in [9.17, 15) is 4.79 Å². The van der Waals surface area contributed by atoms with Crippen molar-refractivity contribution in [2.75, 3.05) is 26.3 Å². The standard InChI is InChI=1S/C21H32N2O3/c1-3-25-19-11-10-16(14-20(19)26-4-2)21(24)22-17-12-13-23(15-17)18-8-6-5-7-9-18/h10-11,14,17-18H,3-9,12-13,15H2,1-2H3,(H,22,24). The van der Waals surface area contributed by atoms with Gasteiger partial charge in [0, 0.05) is 30.7 Å². The van der Waals surface area contributed by atoms with Gasteiger partial charge in [0.2, 0.25) is 0 Å². The number of nitrogens with one attached hydrogen (secondary N) is 1. The zero-order valence-electron chi connectivity index (χ0n) is 16.1. The predicted octanol–water partition coefficient (Wildman–Crippen LogP) is 3.62. The van der Waals surface area contributed by atoms with Gasteiger partial charge in [0.1, 0.15) is 0 Å². The number of amides is 1. The molecule has 1 aromatic rings. The van der Waals surface area contributed by atoms with Crippen LogP contribution in [0.2, 0.25) is 0 Å². The third-order valence-corrected chi connectivity index (χ3v) is 5.45. The van der Waals surface area contributed by atoms with Crippen LogP contribution in [0, 0.1) is 0 Å². The van der Waals surface area contributed by atoms with E-state index in [-0.39, 0.29) is 11.9 Å². The largest absolute Gasteiger partial charge is 0.490 e. The van der Waals surface area contributed by atoms with E-state index in [0.29, 0.717) is 30.3 Å². The fraction of sp³-hybridized carbons (Fsp3) is 0.667. The van der Waals surface area contributed by atoms with Gasteiger partial charge in [-0.2, -0.15) is 0 Å². The molecule has 3 rings (SSSR count). The maximum Gasteiger partial charge on any atom is 0.251 e. The van der Waals surface area contributed by atoms with Gasteiger partial charge in [0.25, 0.3) is 5.91 Å². The molecule has 1 aliphatic carbocycles. The number of hydrogen-bond donors (Lipinski definition) is 1. The first-order chi connectivity index (χ1) is 12.7. The van der Waals surface area contributed by atoms with Crippen molar-refractivity contribution in [1.82, 2.24) is 10.2 Å². The summed E-state index contributed by atoms with van der Waals surface area (Å²) in [5, 5.41) is 3.21. The highest BCUT2D eigenvalue weighted by Crippen LogP contribution is 2.29. The number of nitrogens with zero attached hydrogens (tertiary/aromatic N) is 1. The van der Waals surface area contributed by atoms with Gasteiger partial charge in [-0.05, 0) is 51.3 Å². The van der Waals surface area contributed by atoms with Crippen LogP contribution in [0.5, 0.6) is 11.5 Å². The van der Waals surface area contributed by atoms with Crippen molar-refractivity contribution >= 4 is 5.91 Å². The zero-order valence-corrected chi connectivity index (χ0v) is 16.1. The maximum absolute atomic E-state index is 12.7. The minimum absolute atomic E-state index is 0.0236. The second kappa shape index (κ2) is 9.26. The Kier molecular flexibility index (Phi) is 6.78. The molecule has 144 valence electrons. The van der Waals surface area contributed by atoms with Crippen molar-refractivity contribution < 1.29 is 14.3 Å². The van der Waals surface area contributed by atoms with Gasteiger partial charge < -0.3 is 14.8 Å². The molecule has 2 fully saturated rings. The predicted molar refractivity (Wildman–Crippen MR) is 103 cm³/mol. The van der Waals surface area contributed by atoms with Crippen molar-refractivity contribution in [3.05, 3.63) is 23.8 Å². The molecule has 0 radical (unpaired) electrons. The minimum Gasteiger partial charge on any atom is -0.490 e. The van der Waals surface area contributed by atoms with Crippen molar-refractivity contribution in [3.63, 3.8) is 0 Å². The number of ether oxygens (including phenoxy) is 2. The first-order valence-electron chi connectivity index (χ1n) is 10.2. The van der Waals surface area contributed by atoms with Crippen molar-refractivity contribution in [1.29, 1.82) is 0 Å². The summed E-state index contributed by atoms with van der Waals surface area (Å²) in [6, 6.07) is 6.40. The highest BCUT2D eigenvalue weighted by molar-refractivity contribution is 5.95. The van der Waals surface area contributed by atoms with Crippen LogP contribution < -0.4 is 14.8 Å². The first kappa shape index (κ1) is 19.0. The van der Waals surface area contributed by atoms with Crippen molar-refractivity contribution in [3.8, 4) is 11.5 Å². The lowest BCUT2D eigenvalue weighted by Crippen LogP contribution is -2.40. The molecule has 5 nitrogen and oxygen atoms in total. The number of likely N-dealkylation sites (tertiary alicyclic amines) is 1. The zero-order chi connectivity index (χ0) is 18.4. The summed E-state index contributed by atoms with van der Waals surface area (Å²) in [5.41, 5.74) is 0.632. The molecule has 0 aromatic heterocycles. The summed E-state index contributed by atoms with van der Waals surface area (Å²) in [5.74, 6) is 1.30. The SMILES string of the molecule is CCOc1ccc(C(=O)NC2CCN(C3CCCCC3)C2)cc1OCC. The van der Waals surface area contributed by atoms with Gasteiger partial charge in [0.05, 0.1) is 13.2 Å². The van der Waals surface area contributed by atoms with Crippen LogP contribution in [0.4, 0.5) is 0 Å². The molecule has 1 atom stereocenters. The van der Waals surface area contributed by atoms with Crippen molar-refractivity contribution in [2.45, 2.75) is 64.5 Å². The molecule has 1 aliphatic heterocycles. The van der Waals surface area contributed by atoms with E-state index < -0.39 is 0 Å². The third kappa shape index (κ3) is 4.70. The maximum atomic E-state index is 12.7. The van der Waals surface area contributed by atoms with Crippen LogP contribution in [0.3, 0.4) is 0 Å². The molecule has 1 heterocycles. The Hall–Kier alpha value is -1.75. The Morgan fingerprint density at radius 2 is 1.81 bits per heavy atom. The molecule has 1 aromatic carbocycles. The van der Waals surface area contributed by atoms with E-state index >= 15 is 0 Å². The fourth-order valence-electron chi connectivity index (χ4n) is 4.14. The van der Waals surface area contributed by atoms with Gasteiger partial charge in [0.15, 0.2) is 11.5 Å². The Balaban J connectivity index is 1.58. The van der Waals surface area contributed by atoms with Crippen LogP contribution in [0.1, 0.15) is 62.7 Å². The summed E-state index contributed by atoms with van der Waals surface area (Å²) in [7, 11) is 0. The quantitative estimate of drug-likeness (QED) is 0.807.